The zero-order valence-corrected chi connectivity index (χ0v) is 13.4. The molecule has 2 rings (SSSR count). The van der Waals surface area contributed by atoms with Crippen molar-refractivity contribution in [3.05, 3.63) is 28.2 Å². The Hall–Kier alpha value is -0.833. The highest BCUT2D eigenvalue weighted by molar-refractivity contribution is 9.10. The SMILES string of the molecule is C[Si](C)(C)O[C@@]1(C#N)CCOc2cc(Br)ccc21. The zero-order chi connectivity index (χ0) is 13.4. The van der Waals surface area contributed by atoms with Crippen molar-refractivity contribution in [1.82, 2.24) is 0 Å². The molecule has 1 aromatic rings. The third kappa shape index (κ3) is 2.61. The van der Waals surface area contributed by atoms with E-state index in [0.717, 1.165) is 15.8 Å². The van der Waals surface area contributed by atoms with Crippen LogP contribution in [0.25, 0.3) is 0 Å². The van der Waals surface area contributed by atoms with Gasteiger partial charge in [-0.15, -0.1) is 0 Å². The Bertz CT molecular complexity index is 507. The Labute approximate surface area is 117 Å². The second-order valence-electron chi connectivity index (χ2n) is 5.39. The molecule has 96 valence electrons. The lowest BCUT2D eigenvalue weighted by Crippen LogP contribution is -2.42. The summed E-state index contributed by atoms with van der Waals surface area (Å²) < 4.78 is 12.7. The number of hydrogen-bond donors (Lipinski definition) is 0. The largest absolute Gasteiger partial charge is 0.493 e. The molecule has 0 N–H and O–H groups in total. The van der Waals surface area contributed by atoms with Crippen LogP contribution in [0.15, 0.2) is 22.7 Å². The Morgan fingerprint density at radius 2 is 2.17 bits per heavy atom. The molecule has 0 saturated carbocycles. The van der Waals surface area contributed by atoms with Gasteiger partial charge < -0.3 is 9.16 Å². The first-order chi connectivity index (χ1) is 8.36. The quantitative estimate of drug-likeness (QED) is 0.776. The maximum atomic E-state index is 9.60. The molecule has 18 heavy (non-hydrogen) atoms. The minimum absolute atomic E-state index is 0.515. The molecule has 1 heterocycles. The summed E-state index contributed by atoms with van der Waals surface area (Å²) in [5.74, 6) is 0.746. The lowest BCUT2D eigenvalue weighted by atomic mass is 9.90. The van der Waals surface area contributed by atoms with Crippen molar-refractivity contribution in [2.45, 2.75) is 31.7 Å². The Balaban J connectivity index is 2.50. The van der Waals surface area contributed by atoms with Gasteiger partial charge in [-0.2, -0.15) is 5.26 Å². The van der Waals surface area contributed by atoms with Crippen molar-refractivity contribution in [3.63, 3.8) is 0 Å². The van der Waals surface area contributed by atoms with Crippen molar-refractivity contribution in [2.75, 3.05) is 6.61 Å². The summed E-state index contributed by atoms with van der Waals surface area (Å²) in [5, 5.41) is 9.60. The molecule has 0 fully saturated rings. The molecule has 0 spiro atoms. The maximum Gasteiger partial charge on any atom is 0.186 e. The molecule has 0 bridgehead atoms. The van der Waals surface area contributed by atoms with Gasteiger partial charge in [-0.3, -0.25) is 0 Å². The molecule has 3 nitrogen and oxygen atoms in total. The number of hydrogen-bond acceptors (Lipinski definition) is 3. The highest BCUT2D eigenvalue weighted by atomic mass is 79.9. The molecular weight excluding hydrogens is 310 g/mol. The fraction of sp³-hybridized carbons (Fsp3) is 0.462. The molecule has 1 aliphatic heterocycles. The van der Waals surface area contributed by atoms with Gasteiger partial charge >= 0.3 is 0 Å². The first kappa shape index (κ1) is 13.6. The van der Waals surface area contributed by atoms with Gasteiger partial charge in [0.15, 0.2) is 13.9 Å². The molecule has 0 aromatic heterocycles. The van der Waals surface area contributed by atoms with Crippen LogP contribution in [-0.2, 0) is 10.0 Å². The van der Waals surface area contributed by atoms with Crippen LogP contribution in [0.2, 0.25) is 19.6 Å². The molecule has 0 saturated heterocycles. The van der Waals surface area contributed by atoms with Crippen LogP contribution in [0.3, 0.4) is 0 Å². The van der Waals surface area contributed by atoms with Gasteiger partial charge in [0.25, 0.3) is 0 Å². The van der Waals surface area contributed by atoms with E-state index in [2.05, 4.69) is 41.6 Å². The summed E-state index contributed by atoms with van der Waals surface area (Å²) in [6, 6.07) is 8.11. The van der Waals surface area contributed by atoms with E-state index in [1.165, 1.54) is 0 Å². The summed E-state index contributed by atoms with van der Waals surface area (Å²) >= 11 is 3.42. The molecule has 1 atom stereocenters. The number of nitrogens with zero attached hydrogens (tertiary/aromatic N) is 1. The van der Waals surface area contributed by atoms with Gasteiger partial charge in [-0.1, -0.05) is 22.0 Å². The molecule has 0 amide bonds. The van der Waals surface area contributed by atoms with Gasteiger partial charge in [-0.05, 0) is 31.8 Å². The summed E-state index contributed by atoms with van der Waals surface area (Å²) in [6.07, 6.45) is 0.586. The van der Waals surface area contributed by atoms with Crippen molar-refractivity contribution >= 4 is 24.2 Å². The maximum absolute atomic E-state index is 9.60. The van der Waals surface area contributed by atoms with Gasteiger partial charge in [0.2, 0.25) is 0 Å². The summed E-state index contributed by atoms with van der Waals surface area (Å²) in [6.45, 7) is 6.81. The average Bonchev–Trinajstić information content (AvgIpc) is 2.26. The number of benzene rings is 1. The lowest BCUT2D eigenvalue weighted by Gasteiger charge is -2.37. The van der Waals surface area contributed by atoms with E-state index in [4.69, 9.17) is 9.16 Å². The number of rotatable bonds is 2. The monoisotopic (exact) mass is 325 g/mol. The van der Waals surface area contributed by atoms with Crippen LogP contribution in [0.1, 0.15) is 12.0 Å². The third-order valence-electron chi connectivity index (χ3n) is 2.75. The predicted molar refractivity (Wildman–Crippen MR) is 76.0 cm³/mol. The standard InChI is InChI=1S/C13H16BrNO2Si/c1-18(2,3)17-13(9-15)6-7-16-12-8-10(14)4-5-11(12)13/h4-5,8H,6-7H2,1-3H3/t13-/m1/s1. The molecule has 1 aromatic carbocycles. The Morgan fingerprint density at radius 3 is 2.78 bits per heavy atom. The Morgan fingerprint density at radius 1 is 1.44 bits per heavy atom. The predicted octanol–water partition coefficient (Wildman–Crippen LogP) is 3.80. The topological polar surface area (TPSA) is 42.2 Å². The minimum Gasteiger partial charge on any atom is -0.493 e. The fourth-order valence-corrected chi connectivity index (χ4v) is 3.80. The van der Waals surface area contributed by atoms with E-state index >= 15 is 0 Å². The first-order valence-electron chi connectivity index (χ1n) is 5.91. The minimum atomic E-state index is -1.81. The number of halogens is 1. The number of ether oxygens (including phenoxy) is 1. The second kappa shape index (κ2) is 4.69. The summed E-state index contributed by atoms with van der Waals surface area (Å²) in [5.41, 5.74) is 0.000502. The van der Waals surface area contributed by atoms with Crippen molar-refractivity contribution in [2.24, 2.45) is 0 Å². The fourth-order valence-electron chi connectivity index (χ4n) is 2.16. The van der Waals surface area contributed by atoms with Crippen LogP contribution in [-0.4, -0.2) is 14.9 Å². The van der Waals surface area contributed by atoms with E-state index in [-0.39, 0.29) is 0 Å². The molecule has 0 unspecified atom stereocenters. The van der Waals surface area contributed by atoms with Crippen LogP contribution in [0, 0.1) is 11.3 Å². The van der Waals surface area contributed by atoms with Gasteiger partial charge in [-0.25, -0.2) is 0 Å². The molecule has 0 aliphatic carbocycles. The molecule has 0 radical (unpaired) electrons. The van der Waals surface area contributed by atoms with Crippen LogP contribution in [0.4, 0.5) is 0 Å². The highest BCUT2D eigenvalue weighted by Crippen LogP contribution is 2.42. The van der Waals surface area contributed by atoms with E-state index in [1.54, 1.807) is 0 Å². The molecular formula is C13H16BrNO2Si. The first-order valence-corrected chi connectivity index (χ1v) is 10.1. The van der Waals surface area contributed by atoms with Gasteiger partial charge in [0.1, 0.15) is 11.8 Å². The van der Waals surface area contributed by atoms with Crippen molar-refractivity contribution < 1.29 is 9.16 Å². The Kier molecular flexibility index (Phi) is 3.54. The highest BCUT2D eigenvalue weighted by Gasteiger charge is 2.42. The van der Waals surface area contributed by atoms with E-state index < -0.39 is 13.9 Å². The number of nitriles is 1. The van der Waals surface area contributed by atoms with Crippen LogP contribution < -0.4 is 4.74 Å². The van der Waals surface area contributed by atoms with Crippen LogP contribution in [0.5, 0.6) is 5.75 Å². The van der Waals surface area contributed by atoms with Gasteiger partial charge in [0, 0.05) is 16.5 Å². The number of fused-ring (bicyclic) bond motifs is 1. The van der Waals surface area contributed by atoms with Crippen LogP contribution >= 0.6 is 15.9 Å². The molecule has 1 aliphatic rings. The zero-order valence-electron chi connectivity index (χ0n) is 10.8. The smallest absolute Gasteiger partial charge is 0.186 e. The second-order valence-corrected chi connectivity index (χ2v) is 10.7. The van der Waals surface area contributed by atoms with Crippen molar-refractivity contribution in [3.8, 4) is 11.8 Å². The van der Waals surface area contributed by atoms with E-state index in [1.807, 2.05) is 18.2 Å². The summed E-state index contributed by atoms with van der Waals surface area (Å²) in [4.78, 5) is 0. The molecule has 5 heteroatoms. The van der Waals surface area contributed by atoms with E-state index in [0.29, 0.717) is 13.0 Å². The normalized spacial score (nSPS) is 22.8. The van der Waals surface area contributed by atoms with E-state index in [9.17, 15) is 5.26 Å². The van der Waals surface area contributed by atoms with Crippen molar-refractivity contribution in [1.29, 1.82) is 5.26 Å². The lowest BCUT2D eigenvalue weighted by molar-refractivity contribution is 0.0664. The summed E-state index contributed by atoms with van der Waals surface area (Å²) in [7, 11) is -1.81. The third-order valence-corrected chi connectivity index (χ3v) is 4.21. The average molecular weight is 326 g/mol. The van der Waals surface area contributed by atoms with Gasteiger partial charge in [0.05, 0.1) is 6.61 Å².